The summed E-state index contributed by atoms with van der Waals surface area (Å²) < 4.78 is 24.1. The third-order valence-electron chi connectivity index (χ3n) is 9.32. The monoisotopic (exact) mass is 716 g/mol. The number of anilines is 2. The number of thioether (sulfide) groups is 1. The summed E-state index contributed by atoms with van der Waals surface area (Å²) in [5.41, 5.74) is 3.90. The molecule has 2 aliphatic heterocycles. The van der Waals surface area contributed by atoms with E-state index in [0.29, 0.717) is 24.0 Å². The summed E-state index contributed by atoms with van der Waals surface area (Å²) >= 11 is 7.70. The van der Waals surface area contributed by atoms with Crippen LogP contribution in [0, 0.1) is 0 Å². The predicted molar refractivity (Wildman–Crippen MR) is 195 cm³/mol. The topological polar surface area (TPSA) is 105 Å². The second kappa shape index (κ2) is 14.9. The van der Waals surface area contributed by atoms with E-state index in [0.717, 1.165) is 66.1 Å². The fourth-order valence-electron chi connectivity index (χ4n) is 6.18. The third kappa shape index (κ3) is 7.27. The van der Waals surface area contributed by atoms with Crippen LogP contribution in [0.5, 0.6) is 5.75 Å². The van der Waals surface area contributed by atoms with Gasteiger partial charge in [0.05, 0.1) is 24.1 Å². The summed E-state index contributed by atoms with van der Waals surface area (Å²) in [6.07, 6.45) is 3.88. The first-order valence-electron chi connectivity index (χ1n) is 16.9. The molecule has 0 radical (unpaired) electrons. The summed E-state index contributed by atoms with van der Waals surface area (Å²) in [4.78, 5) is 17.6. The van der Waals surface area contributed by atoms with E-state index in [-0.39, 0.29) is 17.8 Å². The molecule has 0 bridgehead atoms. The zero-order valence-corrected chi connectivity index (χ0v) is 30.0. The normalized spacial score (nSPS) is 20.0. The van der Waals surface area contributed by atoms with Crippen LogP contribution in [0.3, 0.4) is 0 Å². The Bertz CT molecular complexity index is 1920. The van der Waals surface area contributed by atoms with Crippen molar-refractivity contribution in [3.05, 3.63) is 107 Å². The minimum Gasteiger partial charge on any atom is -0.491 e. The lowest BCUT2D eigenvalue weighted by molar-refractivity contribution is -0.160. The van der Waals surface area contributed by atoms with Crippen LogP contribution in [-0.4, -0.2) is 80.4 Å². The van der Waals surface area contributed by atoms with E-state index in [4.69, 9.17) is 25.8 Å². The van der Waals surface area contributed by atoms with Crippen molar-refractivity contribution in [2.75, 3.05) is 54.9 Å². The van der Waals surface area contributed by atoms with Gasteiger partial charge in [0.15, 0.2) is 5.16 Å². The summed E-state index contributed by atoms with van der Waals surface area (Å²) in [6, 6.07) is 24.0. The maximum absolute atomic E-state index is 12.8. The SMILES string of the molecule is CCC(C)n1ncn(-c2ccc(N3CCN(c4ccc(OC[C@H]5CO[C@@](CSc6nncn6C)(c6ccc(Cl)cc6)O5)cc4)CC3)cc2)c1=O. The summed E-state index contributed by atoms with van der Waals surface area (Å²) in [7, 11) is 1.91. The van der Waals surface area contributed by atoms with Crippen LogP contribution < -0.4 is 20.2 Å². The first-order valence-corrected chi connectivity index (χ1v) is 18.2. The Labute approximate surface area is 300 Å². The Morgan fingerprint density at radius 2 is 1.58 bits per heavy atom. The number of aryl methyl sites for hydroxylation is 1. The molecule has 3 atom stereocenters. The number of hydrogen-bond acceptors (Lipinski definition) is 10. The van der Waals surface area contributed by atoms with Crippen LogP contribution in [0.2, 0.25) is 5.02 Å². The molecule has 0 spiro atoms. The highest BCUT2D eigenvalue weighted by molar-refractivity contribution is 7.99. The molecule has 0 amide bonds. The van der Waals surface area contributed by atoms with Crippen LogP contribution >= 0.6 is 23.4 Å². The summed E-state index contributed by atoms with van der Waals surface area (Å²) in [5, 5.41) is 13.9. The van der Waals surface area contributed by atoms with Gasteiger partial charge >= 0.3 is 5.69 Å². The Kier molecular flexibility index (Phi) is 10.2. The molecule has 3 aromatic carbocycles. The van der Waals surface area contributed by atoms with E-state index in [1.807, 2.05) is 67.1 Å². The van der Waals surface area contributed by atoms with Crippen molar-refractivity contribution in [2.45, 2.75) is 43.4 Å². The molecule has 262 valence electrons. The van der Waals surface area contributed by atoms with Crippen LogP contribution in [-0.2, 0) is 22.3 Å². The number of hydrogen-bond donors (Lipinski definition) is 0. The van der Waals surface area contributed by atoms with Gasteiger partial charge in [-0.3, -0.25) is 0 Å². The van der Waals surface area contributed by atoms with Crippen LogP contribution in [0.1, 0.15) is 31.9 Å². The maximum Gasteiger partial charge on any atom is 0.350 e. The van der Waals surface area contributed by atoms with Gasteiger partial charge in [0.1, 0.15) is 31.1 Å². The second-order valence-electron chi connectivity index (χ2n) is 12.6. The van der Waals surface area contributed by atoms with E-state index in [1.165, 1.54) is 11.8 Å². The molecule has 0 N–H and O–H groups in total. The summed E-state index contributed by atoms with van der Waals surface area (Å²) in [6.45, 7) is 8.40. The molecule has 0 saturated carbocycles. The Morgan fingerprint density at radius 3 is 2.20 bits per heavy atom. The molecular weight excluding hydrogens is 676 g/mol. The van der Waals surface area contributed by atoms with Crippen molar-refractivity contribution in [3.63, 3.8) is 0 Å². The standard InChI is InChI=1S/C36H41ClN8O4S/c1-4-26(2)45-35(46)44(25-39-45)31-11-9-29(10-12-31)42-17-19-43(20-18-42)30-13-15-32(16-14-30)47-21-33-22-48-36(49-33,27-5-7-28(37)8-6-27)23-50-34-40-38-24-41(34)3/h5-16,24-26,33H,4,17-23H2,1-3H3/t26?,33-,36+/m0/s1. The molecule has 7 rings (SSSR count). The van der Waals surface area contributed by atoms with Gasteiger partial charge < -0.3 is 28.6 Å². The number of benzene rings is 3. The van der Waals surface area contributed by atoms with Crippen molar-refractivity contribution in [1.29, 1.82) is 0 Å². The Balaban J connectivity index is 0.914. The molecule has 14 heteroatoms. The van der Waals surface area contributed by atoms with Gasteiger partial charge in [0.2, 0.25) is 5.79 Å². The molecular formula is C36H41ClN8O4S. The number of nitrogens with zero attached hydrogens (tertiary/aromatic N) is 8. The lowest BCUT2D eigenvalue weighted by Crippen LogP contribution is -2.46. The Morgan fingerprint density at radius 1 is 0.940 bits per heavy atom. The quantitative estimate of drug-likeness (QED) is 0.153. The zero-order valence-electron chi connectivity index (χ0n) is 28.4. The molecule has 2 fully saturated rings. The molecule has 2 aromatic heterocycles. The maximum atomic E-state index is 12.8. The Hall–Kier alpha value is -4.30. The van der Waals surface area contributed by atoms with E-state index >= 15 is 0 Å². The number of piperazine rings is 1. The lowest BCUT2D eigenvalue weighted by atomic mass is 10.1. The molecule has 50 heavy (non-hydrogen) atoms. The fraction of sp³-hybridized carbons (Fsp3) is 0.389. The summed E-state index contributed by atoms with van der Waals surface area (Å²) in [5.74, 6) is 0.319. The molecule has 4 heterocycles. The molecule has 0 aliphatic carbocycles. The van der Waals surface area contributed by atoms with Gasteiger partial charge in [-0.2, -0.15) is 5.10 Å². The van der Waals surface area contributed by atoms with Crippen LogP contribution in [0.25, 0.3) is 5.69 Å². The van der Waals surface area contributed by atoms with Crippen molar-refractivity contribution in [1.82, 2.24) is 29.1 Å². The highest BCUT2D eigenvalue weighted by Crippen LogP contribution is 2.39. The number of aromatic nitrogens is 6. The van der Waals surface area contributed by atoms with E-state index < -0.39 is 5.79 Å². The second-order valence-corrected chi connectivity index (χ2v) is 14.0. The highest BCUT2D eigenvalue weighted by Gasteiger charge is 2.44. The first kappa shape index (κ1) is 34.2. The largest absolute Gasteiger partial charge is 0.491 e. The van der Waals surface area contributed by atoms with Gasteiger partial charge in [-0.05, 0) is 74.0 Å². The van der Waals surface area contributed by atoms with Crippen molar-refractivity contribution < 1.29 is 14.2 Å². The number of ether oxygens (including phenoxy) is 3. The van der Waals surface area contributed by atoms with Gasteiger partial charge in [0.25, 0.3) is 0 Å². The van der Waals surface area contributed by atoms with Crippen molar-refractivity contribution in [3.8, 4) is 11.4 Å². The van der Waals surface area contributed by atoms with Crippen LogP contribution in [0.15, 0.2) is 95.4 Å². The van der Waals surface area contributed by atoms with Gasteiger partial charge in [-0.15, -0.1) is 10.2 Å². The average molecular weight is 717 g/mol. The minimum atomic E-state index is -0.958. The number of rotatable bonds is 12. The molecule has 5 aromatic rings. The van der Waals surface area contributed by atoms with E-state index in [9.17, 15) is 4.79 Å². The van der Waals surface area contributed by atoms with Crippen LogP contribution in [0.4, 0.5) is 11.4 Å². The van der Waals surface area contributed by atoms with E-state index in [1.54, 1.807) is 21.9 Å². The van der Waals surface area contributed by atoms with Gasteiger partial charge in [-0.1, -0.05) is 42.4 Å². The highest BCUT2D eigenvalue weighted by atomic mass is 35.5. The zero-order chi connectivity index (χ0) is 34.7. The predicted octanol–water partition coefficient (Wildman–Crippen LogP) is 5.55. The first-order chi connectivity index (χ1) is 24.3. The molecule has 1 unspecified atom stereocenters. The van der Waals surface area contributed by atoms with Gasteiger partial charge in [0, 0.05) is 55.2 Å². The number of halogens is 1. The van der Waals surface area contributed by atoms with Crippen molar-refractivity contribution >= 4 is 34.7 Å². The lowest BCUT2D eigenvalue weighted by Gasteiger charge is -2.37. The van der Waals surface area contributed by atoms with Gasteiger partial charge in [-0.25, -0.2) is 14.0 Å². The smallest absolute Gasteiger partial charge is 0.350 e. The fourth-order valence-corrected chi connectivity index (χ4v) is 7.30. The van der Waals surface area contributed by atoms with Crippen molar-refractivity contribution in [2.24, 2.45) is 7.05 Å². The average Bonchev–Trinajstić information content (AvgIpc) is 3.88. The molecule has 2 aliphatic rings. The molecule has 12 nitrogen and oxygen atoms in total. The van der Waals surface area contributed by atoms with E-state index in [2.05, 4.69) is 56.3 Å². The molecule has 2 saturated heterocycles. The third-order valence-corrected chi connectivity index (χ3v) is 10.7. The minimum absolute atomic E-state index is 0.0680.